The number of aryl methyl sites for hydroxylation is 1. The summed E-state index contributed by atoms with van der Waals surface area (Å²) in [6, 6.07) is 9.68. The first-order chi connectivity index (χ1) is 16.2. The van der Waals surface area contributed by atoms with Crippen molar-refractivity contribution < 1.29 is 22.4 Å². The van der Waals surface area contributed by atoms with E-state index in [0.29, 0.717) is 25.1 Å². The Hall–Kier alpha value is -2.65. The molecule has 0 radical (unpaired) electrons. The van der Waals surface area contributed by atoms with Crippen LogP contribution in [0, 0.1) is 24.7 Å². The van der Waals surface area contributed by atoms with Crippen LogP contribution in [0.5, 0.6) is 0 Å². The number of carbonyl (C=O) groups is 2. The fraction of sp³-hybridized carbons (Fsp3) is 0.520. The van der Waals surface area contributed by atoms with E-state index in [2.05, 4.69) is 15.4 Å². The minimum absolute atomic E-state index is 0.0620. The number of carbonyl (C=O) groups excluding carboxylic acids is 2. The maximum Gasteiger partial charge on any atom is 0.243 e. The van der Waals surface area contributed by atoms with Crippen molar-refractivity contribution in [2.75, 3.05) is 6.54 Å². The highest BCUT2D eigenvalue weighted by atomic mass is 32.2. The molecule has 3 rings (SSSR count). The Labute approximate surface area is 201 Å². The Bertz CT molecular complexity index is 1040. The Morgan fingerprint density at radius 3 is 2.32 bits per heavy atom. The van der Waals surface area contributed by atoms with Gasteiger partial charge >= 0.3 is 0 Å². The number of amides is 2. The maximum atomic E-state index is 12.9. The van der Waals surface area contributed by atoms with Crippen molar-refractivity contribution in [2.45, 2.75) is 63.9 Å². The topological polar surface area (TPSA) is 118 Å². The molecule has 1 aromatic carbocycles. The van der Waals surface area contributed by atoms with Crippen molar-refractivity contribution in [1.82, 2.24) is 15.4 Å². The predicted molar refractivity (Wildman–Crippen MR) is 129 cm³/mol. The van der Waals surface area contributed by atoms with Crippen LogP contribution >= 0.6 is 0 Å². The fourth-order valence-corrected chi connectivity index (χ4v) is 5.28. The molecule has 1 saturated carbocycles. The van der Waals surface area contributed by atoms with Crippen LogP contribution in [0.4, 0.5) is 0 Å². The summed E-state index contributed by atoms with van der Waals surface area (Å²) in [5, 5.41) is 5.74. The SMILES string of the molecule is Cc1ccc(S(=O)(=O)NCC2CCC(C(=O)N[C@@H](C(=O)NCc3ccco3)C(C)C)CC2)cc1. The van der Waals surface area contributed by atoms with Crippen LogP contribution in [0.3, 0.4) is 0 Å². The minimum Gasteiger partial charge on any atom is -0.467 e. The maximum absolute atomic E-state index is 12.9. The van der Waals surface area contributed by atoms with Crippen molar-refractivity contribution in [2.24, 2.45) is 17.8 Å². The molecule has 0 bridgehead atoms. The van der Waals surface area contributed by atoms with Gasteiger partial charge in [-0.15, -0.1) is 0 Å². The van der Waals surface area contributed by atoms with Crippen LogP contribution in [0.2, 0.25) is 0 Å². The van der Waals surface area contributed by atoms with Crippen LogP contribution < -0.4 is 15.4 Å². The van der Waals surface area contributed by atoms with Crippen LogP contribution in [-0.4, -0.2) is 32.8 Å². The van der Waals surface area contributed by atoms with Crippen molar-refractivity contribution in [3.63, 3.8) is 0 Å². The summed E-state index contributed by atoms with van der Waals surface area (Å²) in [6.07, 6.45) is 4.40. The zero-order valence-corrected chi connectivity index (χ0v) is 20.9. The number of hydrogen-bond acceptors (Lipinski definition) is 5. The number of nitrogens with one attached hydrogen (secondary N) is 3. The molecule has 8 nitrogen and oxygen atoms in total. The number of benzene rings is 1. The standard InChI is InChI=1S/C25H35N3O5S/c1-17(2)23(25(30)26-16-21-5-4-14-33-21)28-24(29)20-10-8-19(9-11-20)15-27-34(31,32)22-12-6-18(3)7-13-22/h4-7,12-14,17,19-20,23,27H,8-11,15-16H2,1-3H3,(H,26,30)(H,28,29)/t19?,20?,23-/m1/s1. The summed E-state index contributed by atoms with van der Waals surface area (Å²) in [5.74, 6) is 0.238. The van der Waals surface area contributed by atoms with E-state index in [-0.39, 0.29) is 41.0 Å². The summed E-state index contributed by atoms with van der Waals surface area (Å²) in [7, 11) is -3.54. The molecule has 1 aliphatic rings. The van der Waals surface area contributed by atoms with Gasteiger partial charge in [-0.3, -0.25) is 9.59 Å². The third kappa shape index (κ3) is 7.17. The van der Waals surface area contributed by atoms with Crippen molar-refractivity contribution in [3.05, 3.63) is 54.0 Å². The van der Waals surface area contributed by atoms with Gasteiger partial charge in [-0.05, 0) is 68.7 Å². The molecule has 1 aromatic heterocycles. The zero-order chi connectivity index (χ0) is 24.7. The second-order valence-corrected chi connectivity index (χ2v) is 11.2. The molecule has 186 valence electrons. The minimum atomic E-state index is -3.54. The molecule has 1 fully saturated rings. The lowest BCUT2D eigenvalue weighted by atomic mass is 9.81. The summed E-state index contributed by atoms with van der Waals surface area (Å²) in [4.78, 5) is 25.8. The van der Waals surface area contributed by atoms with E-state index in [1.165, 1.54) is 0 Å². The molecule has 0 unspecified atom stereocenters. The van der Waals surface area contributed by atoms with Crippen LogP contribution in [0.25, 0.3) is 0 Å². The van der Waals surface area contributed by atoms with E-state index in [4.69, 9.17) is 4.42 Å². The van der Waals surface area contributed by atoms with E-state index >= 15 is 0 Å². The Morgan fingerprint density at radius 2 is 1.74 bits per heavy atom. The highest BCUT2D eigenvalue weighted by molar-refractivity contribution is 7.89. The molecule has 0 aliphatic heterocycles. The largest absolute Gasteiger partial charge is 0.467 e. The van der Waals surface area contributed by atoms with Gasteiger partial charge in [-0.2, -0.15) is 0 Å². The van der Waals surface area contributed by atoms with Gasteiger partial charge in [0.15, 0.2) is 0 Å². The lowest BCUT2D eigenvalue weighted by Gasteiger charge is -2.30. The third-order valence-electron chi connectivity index (χ3n) is 6.37. The Morgan fingerprint density at radius 1 is 1.06 bits per heavy atom. The summed E-state index contributed by atoms with van der Waals surface area (Å²) < 4.78 is 33.0. The quantitative estimate of drug-likeness (QED) is 0.474. The molecule has 2 aromatic rings. The van der Waals surface area contributed by atoms with Crippen LogP contribution in [0.1, 0.15) is 50.9 Å². The number of rotatable bonds is 10. The molecule has 1 atom stereocenters. The van der Waals surface area contributed by atoms with E-state index in [1.54, 1.807) is 42.7 Å². The van der Waals surface area contributed by atoms with Gasteiger partial charge < -0.3 is 15.1 Å². The summed E-state index contributed by atoms with van der Waals surface area (Å²) in [6.45, 7) is 6.33. The first-order valence-electron chi connectivity index (χ1n) is 11.8. The number of hydrogen-bond donors (Lipinski definition) is 3. The van der Waals surface area contributed by atoms with E-state index in [0.717, 1.165) is 18.4 Å². The van der Waals surface area contributed by atoms with Gasteiger partial charge in [0.2, 0.25) is 21.8 Å². The normalized spacial score (nSPS) is 19.5. The predicted octanol–water partition coefficient (Wildman–Crippen LogP) is 3.13. The molecule has 0 saturated heterocycles. The Kier molecular flexibility index (Phi) is 8.90. The second-order valence-electron chi connectivity index (χ2n) is 9.41. The monoisotopic (exact) mass is 489 g/mol. The summed E-state index contributed by atoms with van der Waals surface area (Å²) in [5.41, 5.74) is 1.00. The average Bonchev–Trinajstić information content (AvgIpc) is 3.34. The van der Waals surface area contributed by atoms with Gasteiger partial charge in [0.25, 0.3) is 0 Å². The molecule has 0 spiro atoms. The molecule has 34 heavy (non-hydrogen) atoms. The molecular weight excluding hydrogens is 454 g/mol. The first-order valence-corrected chi connectivity index (χ1v) is 13.3. The van der Waals surface area contributed by atoms with E-state index < -0.39 is 16.1 Å². The first kappa shape index (κ1) is 26.0. The summed E-state index contributed by atoms with van der Waals surface area (Å²) >= 11 is 0. The van der Waals surface area contributed by atoms with Crippen molar-refractivity contribution >= 4 is 21.8 Å². The molecule has 3 N–H and O–H groups in total. The third-order valence-corrected chi connectivity index (χ3v) is 7.81. The van der Waals surface area contributed by atoms with Crippen LogP contribution in [-0.2, 0) is 26.2 Å². The zero-order valence-electron chi connectivity index (χ0n) is 20.0. The molecular formula is C25H35N3O5S. The number of furan rings is 1. The average molecular weight is 490 g/mol. The number of sulfonamides is 1. The van der Waals surface area contributed by atoms with Gasteiger partial charge in [-0.1, -0.05) is 31.5 Å². The fourth-order valence-electron chi connectivity index (χ4n) is 4.16. The lowest BCUT2D eigenvalue weighted by Crippen LogP contribution is -2.51. The molecule has 2 amide bonds. The molecule has 1 aliphatic carbocycles. The van der Waals surface area contributed by atoms with E-state index in [9.17, 15) is 18.0 Å². The van der Waals surface area contributed by atoms with Gasteiger partial charge in [0.05, 0.1) is 17.7 Å². The molecule has 9 heteroatoms. The lowest BCUT2D eigenvalue weighted by molar-refractivity contribution is -0.133. The van der Waals surface area contributed by atoms with Crippen molar-refractivity contribution in [3.8, 4) is 0 Å². The highest BCUT2D eigenvalue weighted by Crippen LogP contribution is 2.29. The second kappa shape index (κ2) is 11.7. The van der Waals surface area contributed by atoms with Crippen LogP contribution in [0.15, 0.2) is 52.0 Å². The highest BCUT2D eigenvalue weighted by Gasteiger charge is 2.31. The molecule has 1 heterocycles. The Balaban J connectivity index is 1.45. The van der Waals surface area contributed by atoms with E-state index in [1.807, 2.05) is 20.8 Å². The van der Waals surface area contributed by atoms with Gasteiger partial charge in [0.1, 0.15) is 11.8 Å². The van der Waals surface area contributed by atoms with Gasteiger partial charge in [-0.25, -0.2) is 13.1 Å². The van der Waals surface area contributed by atoms with Gasteiger partial charge in [0, 0.05) is 12.5 Å². The van der Waals surface area contributed by atoms with Crippen molar-refractivity contribution in [1.29, 1.82) is 0 Å². The smallest absolute Gasteiger partial charge is 0.243 e.